The third-order valence-corrected chi connectivity index (χ3v) is 5.78. The standard InChI is InChI=1S/C18H12BrClFNO4S/c1-26-15-5-9(11(19)7-14(15)23)6-16-17(24)22(18(25)27-16)8-10-12(20)3-2-4-13(10)21/h2-7,23H,8H2,1H3/b16-6-. The van der Waals surface area contributed by atoms with E-state index in [4.69, 9.17) is 16.3 Å². The summed E-state index contributed by atoms with van der Waals surface area (Å²) in [5.41, 5.74) is 0.620. The zero-order valence-electron chi connectivity index (χ0n) is 13.8. The van der Waals surface area contributed by atoms with Gasteiger partial charge in [0.15, 0.2) is 11.5 Å². The molecule has 1 N–H and O–H groups in total. The van der Waals surface area contributed by atoms with E-state index in [1.807, 2.05) is 0 Å². The van der Waals surface area contributed by atoms with Crippen molar-refractivity contribution in [3.8, 4) is 11.5 Å². The molecule has 2 amide bonds. The van der Waals surface area contributed by atoms with Crippen LogP contribution in [-0.4, -0.2) is 28.3 Å². The second kappa shape index (κ2) is 7.92. The predicted molar refractivity (Wildman–Crippen MR) is 105 cm³/mol. The number of ether oxygens (including phenoxy) is 1. The summed E-state index contributed by atoms with van der Waals surface area (Å²) in [4.78, 5) is 26.0. The Bertz CT molecular complexity index is 962. The number of amides is 2. The third-order valence-electron chi connectivity index (χ3n) is 3.84. The van der Waals surface area contributed by atoms with Gasteiger partial charge < -0.3 is 9.84 Å². The van der Waals surface area contributed by atoms with Crippen LogP contribution >= 0.6 is 39.3 Å². The molecule has 1 aliphatic heterocycles. The van der Waals surface area contributed by atoms with Gasteiger partial charge in [-0.05, 0) is 47.7 Å². The number of phenols is 1. The maximum atomic E-state index is 14.0. The van der Waals surface area contributed by atoms with Crippen LogP contribution in [0.15, 0.2) is 39.7 Å². The van der Waals surface area contributed by atoms with Gasteiger partial charge in [0.25, 0.3) is 11.1 Å². The van der Waals surface area contributed by atoms with Crippen LogP contribution in [-0.2, 0) is 11.3 Å². The molecule has 0 aliphatic carbocycles. The van der Waals surface area contributed by atoms with E-state index in [9.17, 15) is 19.1 Å². The van der Waals surface area contributed by atoms with Crippen LogP contribution in [0.2, 0.25) is 5.02 Å². The van der Waals surface area contributed by atoms with Crippen molar-refractivity contribution in [2.24, 2.45) is 0 Å². The molecule has 0 aromatic heterocycles. The highest BCUT2D eigenvalue weighted by Crippen LogP contribution is 2.38. The van der Waals surface area contributed by atoms with Gasteiger partial charge in [0.05, 0.1) is 18.6 Å². The number of nitrogens with zero attached hydrogens (tertiary/aromatic N) is 1. The Balaban J connectivity index is 1.91. The van der Waals surface area contributed by atoms with Gasteiger partial charge in [-0.15, -0.1) is 0 Å². The molecule has 0 radical (unpaired) electrons. The minimum absolute atomic E-state index is 0.0659. The number of methoxy groups -OCH3 is 1. The second-order valence-electron chi connectivity index (χ2n) is 5.51. The normalized spacial score (nSPS) is 15.7. The SMILES string of the molecule is COc1cc(/C=C2\SC(=O)N(Cc3c(F)cccc3Cl)C2=O)c(Br)cc1O. The van der Waals surface area contributed by atoms with Crippen LogP contribution in [0, 0.1) is 5.82 Å². The lowest BCUT2D eigenvalue weighted by Crippen LogP contribution is -2.28. The largest absolute Gasteiger partial charge is 0.504 e. The first-order valence-electron chi connectivity index (χ1n) is 7.56. The van der Waals surface area contributed by atoms with E-state index in [0.717, 1.165) is 16.7 Å². The Morgan fingerprint density at radius 3 is 2.78 bits per heavy atom. The number of hydrogen-bond donors (Lipinski definition) is 1. The molecule has 0 saturated carbocycles. The van der Waals surface area contributed by atoms with Crippen LogP contribution in [0.1, 0.15) is 11.1 Å². The van der Waals surface area contributed by atoms with Gasteiger partial charge >= 0.3 is 0 Å². The molecule has 0 atom stereocenters. The Hall–Kier alpha value is -2.03. The van der Waals surface area contributed by atoms with Crippen LogP contribution in [0.3, 0.4) is 0 Å². The first-order valence-corrected chi connectivity index (χ1v) is 9.55. The first kappa shape index (κ1) is 19.7. The molecule has 1 fully saturated rings. The fourth-order valence-electron chi connectivity index (χ4n) is 2.45. The van der Waals surface area contributed by atoms with E-state index >= 15 is 0 Å². The predicted octanol–water partition coefficient (Wildman–Crippen LogP) is 5.19. The smallest absolute Gasteiger partial charge is 0.293 e. The number of thioether (sulfide) groups is 1. The van der Waals surface area contributed by atoms with Gasteiger partial charge in [0, 0.05) is 15.1 Å². The molecule has 27 heavy (non-hydrogen) atoms. The fourth-order valence-corrected chi connectivity index (χ4v) is 3.95. The topological polar surface area (TPSA) is 66.8 Å². The average Bonchev–Trinajstić information content (AvgIpc) is 2.87. The molecule has 3 rings (SSSR count). The number of halogens is 3. The summed E-state index contributed by atoms with van der Waals surface area (Å²) < 4.78 is 19.5. The number of carbonyl (C=O) groups is 2. The Morgan fingerprint density at radius 2 is 2.11 bits per heavy atom. The quantitative estimate of drug-likeness (QED) is 0.620. The van der Waals surface area contributed by atoms with E-state index in [1.165, 1.54) is 43.5 Å². The molecule has 9 heteroatoms. The average molecular weight is 473 g/mol. The number of aromatic hydroxyl groups is 1. The second-order valence-corrected chi connectivity index (χ2v) is 7.77. The van der Waals surface area contributed by atoms with Crippen molar-refractivity contribution < 1.29 is 23.8 Å². The molecule has 5 nitrogen and oxygen atoms in total. The minimum atomic E-state index is -0.587. The van der Waals surface area contributed by atoms with Crippen LogP contribution < -0.4 is 4.74 Å². The molecule has 1 heterocycles. The highest BCUT2D eigenvalue weighted by atomic mass is 79.9. The van der Waals surface area contributed by atoms with E-state index in [1.54, 1.807) is 0 Å². The van der Waals surface area contributed by atoms with Crippen LogP contribution in [0.5, 0.6) is 11.5 Å². The van der Waals surface area contributed by atoms with E-state index in [-0.39, 0.29) is 33.5 Å². The summed E-state index contributed by atoms with van der Waals surface area (Å²) in [6.45, 7) is -0.256. The molecular weight excluding hydrogens is 461 g/mol. The van der Waals surface area contributed by atoms with Crippen molar-refractivity contribution in [2.45, 2.75) is 6.54 Å². The van der Waals surface area contributed by atoms with Crippen molar-refractivity contribution in [2.75, 3.05) is 7.11 Å². The first-order chi connectivity index (χ1) is 12.8. The highest BCUT2D eigenvalue weighted by Gasteiger charge is 2.36. The molecule has 0 bridgehead atoms. The van der Waals surface area contributed by atoms with Gasteiger partial charge in [-0.1, -0.05) is 33.6 Å². The lowest BCUT2D eigenvalue weighted by molar-refractivity contribution is -0.123. The minimum Gasteiger partial charge on any atom is -0.504 e. The van der Waals surface area contributed by atoms with Gasteiger partial charge in [-0.2, -0.15) is 0 Å². The highest BCUT2D eigenvalue weighted by molar-refractivity contribution is 9.10. The Morgan fingerprint density at radius 1 is 1.37 bits per heavy atom. The van der Waals surface area contributed by atoms with Crippen molar-refractivity contribution in [3.63, 3.8) is 0 Å². The summed E-state index contributed by atoms with van der Waals surface area (Å²) in [5, 5.41) is 9.39. The lowest BCUT2D eigenvalue weighted by Gasteiger charge is -2.14. The molecule has 0 unspecified atom stereocenters. The van der Waals surface area contributed by atoms with Crippen molar-refractivity contribution in [1.82, 2.24) is 4.90 Å². The summed E-state index contributed by atoms with van der Waals surface area (Å²) in [7, 11) is 1.40. The number of phenolic OH excluding ortho intramolecular Hbond substituents is 1. The number of benzene rings is 2. The lowest BCUT2D eigenvalue weighted by atomic mass is 10.1. The maximum absolute atomic E-state index is 14.0. The molecule has 0 spiro atoms. The zero-order chi connectivity index (χ0) is 19.7. The van der Waals surface area contributed by atoms with E-state index in [2.05, 4.69) is 15.9 Å². The monoisotopic (exact) mass is 471 g/mol. The molecule has 2 aromatic rings. The molecular formula is C18H12BrClFNO4S. The van der Waals surface area contributed by atoms with Crippen molar-refractivity contribution >= 4 is 56.5 Å². The fraction of sp³-hybridized carbons (Fsp3) is 0.111. The molecule has 1 aliphatic rings. The number of imide groups is 1. The van der Waals surface area contributed by atoms with E-state index in [0.29, 0.717) is 10.0 Å². The Kier molecular flexibility index (Phi) is 5.78. The molecule has 2 aromatic carbocycles. The maximum Gasteiger partial charge on any atom is 0.293 e. The van der Waals surface area contributed by atoms with Gasteiger partial charge in [0.2, 0.25) is 0 Å². The number of carbonyl (C=O) groups excluding carboxylic acids is 2. The molecule has 140 valence electrons. The third kappa shape index (κ3) is 3.97. The summed E-state index contributed by atoms with van der Waals surface area (Å²) in [5.74, 6) is -0.981. The van der Waals surface area contributed by atoms with Gasteiger partial charge in [-0.25, -0.2) is 4.39 Å². The number of rotatable bonds is 4. The molecule has 1 saturated heterocycles. The van der Waals surface area contributed by atoms with Gasteiger partial charge in [-0.3, -0.25) is 14.5 Å². The van der Waals surface area contributed by atoms with Crippen molar-refractivity contribution in [1.29, 1.82) is 0 Å². The van der Waals surface area contributed by atoms with Crippen LogP contribution in [0.4, 0.5) is 9.18 Å². The number of hydrogen-bond acceptors (Lipinski definition) is 5. The van der Waals surface area contributed by atoms with Crippen molar-refractivity contribution in [3.05, 3.63) is 61.7 Å². The summed E-state index contributed by atoms with van der Waals surface area (Å²) >= 11 is 10.0. The zero-order valence-corrected chi connectivity index (χ0v) is 17.0. The summed E-state index contributed by atoms with van der Waals surface area (Å²) in [6, 6.07) is 7.12. The Labute approximate surface area is 171 Å². The van der Waals surface area contributed by atoms with Gasteiger partial charge in [0.1, 0.15) is 5.82 Å². The van der Waals surface area contributed by atoms with Crippen LogP contribution in [0.25, 0.3) is 6.08 Å². The van der Waals surface area contributed by atoms with E-state index < -0.39 is 17.0 Å². The summed E-state index contributed by atoms with van der Waals surface area (Å²) in [6.07, 6.45) is 1.50.